The number of piperazine rings is 2. The number of carbonyl (C=O) groups excluding carboxylic acids is 4. The molecule has 0 bridgehead atoms. The standard InChI is InChI=1S/C48H52F2N8O4/c1-30-27-57(31(2)26-56(30)42-11-9-41(51-3)47-38(42)5-4-14-52-47)46(61)23-33-22-40(50)44(25-39(33)49)55-15-12-32(13-16-55)28-53-17-19-54(20-18-53)35-6-8-37-34(21-35)29-58(48(37)62)43-10-7-36(59)24-45(43)60/h4-6,8-9,11,14,21-22,25,30-32,43H,7,10,12-13,15-20,23-24,26-29H2,1-2H3/t30-,31+,43-/m0/s1. The van der Waals surface area contributed by atoms with Crippen molar-refractivity contribution in [2.75, 3.05) is 73.6 Å². The van der Waals surface area contributed by atoms with Crippen molar-refractivity contribution >= 4 is 57.0 Å². The van der Waals surface area contributed by atoms with Gasteiger partial charge in [-0.15, -0.1) is 0 Å². The van der Waals surface area contributed by atoms with Crippen molar-refractivity contribution in [3.8, 4) is 0 Å². The number of aromatic nitrogens is 1. The van der Waals surface area contributed by atoms with Crippen LogP contribution in [0.25, 0.3) is 15.7 Å². The first-order valence-corrected chi connectivity index (χ1v) is 22.0. The minimum atomic E-state index is -0.572. The fraction of sp³-hybridized carbons (Fsp3) is 0.458. The fourth-order valence-electron chi connectivity index (χ4n) is 10.4. The van der Waals surface area contributed by atoms with Crippen LogP contribution < -0.4 is 14.7 Å². The SMILES string of the molecule is [C-]#[N+]c1ccc(N2C[C@@H](C)N(C(=O)Cc3cc(F)c(N4CCC(CN5CCN(c6ccc7c(c6)CN([C@H]6CCC(=O)CC6=O)C7=O)CC5)CC4)cc3F)C[C@@H]2C)c2cccnc12. The monoisotopic (exact) mass is 842 g/mol. The van der Waals surface area contributed by atoms with Gasteiger partial charge in [-0.05, 0) is 81.0 Å². The molecule has 0 N–H and O–H groups in total. The average Bonchev–Trinajstić information content (AvgIpc) is 3.60. The average molecular weight is 843 g/mol. The summed E-state index contributed by atoms with van der Waals surface area (Å²) in [6, 6.07) is 15.2. The lowest BCUT2D eigenvalue weighted by atomic mass is 9.92. The first-order valence-electron chi connectivity index (χ1n) is 22.0. The lowest BCUT2D eigenvalue weighted by Gasteiger charge is -2.45. The van der Waals surface area contributed by atoms with Crippen LogP contribution in [0.3, 0.4) is 0 Å². The summed E-state index contributed by atoms with van der Waals surface area (Å²) in [7, 11) is 0. The van der Waals surface area contributed by atoms with E-state index >= 15 is 8.78 Å². The Labute approximate surface area is 360 Å². The van der Waals surface area contributed by atoms with E-state index in [0.29, 0.717) is 68.3 Å². The van der Waals surface area contributed by atoms with Crippen LogP contribution in [0.4, 0.5) is 31.5 Å². The van der Waals surface area contributed by atoms with Gasteiger partial charge < -0.3 is 24.5 Å². The van der Waals surface area contributed by atoms with Crippen molar-refractivity contribution in [3.05, 3.63) is 101 Å². The molecule has 12 nitrogen and oxygen atoms in total. The van der Waals surface area contributed by atoms with E-state index in [1.165, 1.54) is 12.1 Å². The van der Waals surface area contributed by atoms with Gasteiger partial charge >= 0.3 is 0 Å². The van der Waals surface area contributed by atoms with E-state index in [9.17, 15) is 19.2 Å². The topological polar surface area (TPSA) is 105 Å². The molecule has 1 saturated carbocycles. The first-order chi connectivity index (χ1) is 29.9. The van der Waals surface area contributed by atoms with Gasteiger partial charge in [0.25, 0.3) is 5.91 Å². The van der Waals surface area contributed by atoms with Crippen LogP contribution in [0.1, 0.15) is 67.4 Å². The Morgan fingerprint density at radius 1 is 0.839 bits per heavy atom. The number of piperidine rings is 1. The minimum Gasteiger partial charge on any atom is -0.369 e. The maximum absolute atomic E-state index is 15.7. The molecule has 1 aliphatic carbocycles. The predicted octanol–water partition coefficient (Wildman–Crippen LogP) is 6.42. The second-order valence-electron chi connectivity index (χ2n) is 17.8. The number of benzene rings is 3. The predicted molar refractivity (Wildman–Crippen MR) is 234 cm³/mol. The second kappa shape index (κ2) is 17.1. The Balaban J connectivity index is 0.749. The largest absolute Gasteiger partial charge is 0.369 e. The second-order valence-corrected chi connectivity index (χ2v) is 17.8. The zero-order chi connectivity index (χ0) is 43.2. The number of fused-ring (bicyclic) bond motifs is 2. The summed E-state index contributed by atoms with van der Waals surface area (Å²) in [5.74, 6) is -1.23. The highest BCUT2D eigenvalue weighted by Crippen LogP contribution is 2.36. The summed E-state index contributed by atoms with van der Waals surface area (Å²) in [4.78, 5) is 71.6. The lowest BCUT2D eigenvalue weighted by Crippen LogP contribution is -2.58. The number of rotatable bonds is 8. The third-order valence-corrected chi connectivity index (χ3v) is 13.9. The molecule has 0 radical (unpaired) electrons. The molecule has 3 atom stereocenters. The van der Waals surface area contributed by atoms with E-state index in [2.05, 4.69) is 30.6 Å². The zero-order valence-corrected chi connectivity index (χ0v) is 35.4. The number of ketones is 2. The van der Waals surface area contributed by atoms with E-state index in [4.69, 9.17) is 6.57 Å². The van der Waals surface area contributed by atoms with E-state index < -0.39 is 17.7 Å². The van der Waals surface area contributed by atoms with Gasteiger partial charge in [-0.1, -0.05) is 12.1 Å². The van der Waals surface area contributed by atoms with Crippen LogP contribution in [0.2, 0.25) is 0 Å². The molecule has 1 aromatic heterocycles. The number of carbonyl (C=O) groups is 4. The third-order valence-electron chi connectivity index (χ3n) is 13.9. The van der Waals surface area contributed by atoms with Gasteiger partial charge in [-0.3, -0.25) is 29.1 Å². The Kier molecular flexibility index (Phi) is 11.4. The number of hydrogen-bond acceptors (Lipinski definition) is 9. The number of amides is 2. The van der Waals surface area contributed by atoms with E-state index in [0.717, 1.165) is 67.9 Å². The summed E-state index contributed by atoms with van der Waals surface area (Å²) < 4.78 is 31.4. The molecule has 322 valence electrons. The minimum absolute atomic E-state index is 0.0506. The molecule has 4 aromatic rings. The molecule has 5 aliphatic rings. The first kappa shape index (κ1) is 41.4. The van der Waals surface area contributed by atoms with Gasteiger partial charge in [0.1, 0.15) is 17.4 Å². The Morgan fingerprint density at radius 3 is 2.39 bits per heavy atom. The highest BCUT2D eigenvalue weighted by atomic mass is 19.1. The maximum Gasteiger partial charge on any atom is 0.255 e. The summed E-state index contributed by atoms with van der Waals surface area (Å²) in [5.41, 5.74) is 5.03. The summed E-state index contributed by atoms with van der Waals surface area (Å²) in [6.45, 7) is 18.6. The number of hydrogen-bond donors (Lipinski definition) is 0. The molecule has 4 fully saturated rings. The molecular weight excluding hydrogens is 791 g/mol. The van der Waals surface area contributed by atoms with Crippen LogP contribution in [0, 0.1) is 24.1 Å². The molecule has 3 aromatic carbocycles. The third kappa shape index (κ3) is 7.98. The molecule has 14 heteroatoms. The van der Waals surface area contributed by atoms with Gasteiger partial charge in [-0.25, -0.2) is 13.6 Å². The van der Waals surface area contributed by atoms with Crippen molar-refractivity contribution in [2.45, 2.75) is 77.0 Å². The molecule has 2 amide bonds. The van der Waals surface area contributed by atoms with E-state index in [1.54, 1.807) is 22.1 Å². The van der Waals surface area contributed by atoms with Crippen molar-refractivity contribution < 1.29 is 28.0 Å². The quantitative estimate of drug-likeness (QED) is 0.147. The lowest BCUT2D eigenvalue weighted by molar-refractivity contribution is -0.134. The van der Waals surface area contributed by atoms with Crippen LogP contribution in [-0.2, 0) is 27.3 Å². The normalized spacial score (nSPS) is 22.7. The Hall–Kier alpha value is -5.94. The number of Topliss-reactive ketones (excluding diaryl/α,β-unsaturated/α-hetero) is 2. The van der Waals surface area contributed by atoms with Crippen molar-refractivity contribution in [2.24, 2.45) is 5.92 Å². The highest BCUT2D eigenvalue weighted by Gasteiger charge is 2.39. The van der Waals surface area contributed by atoms with Crippen LogP contribution in [0.5, 0.6) is 0 Å². The maximum atomic E-state index is 15.7. The van der Waals surface area contributed by atoms with Gasteiger partial charge in [0.2, 0.25) is 11.6 Å². The molecule has 9 rings (SSSR count). The number of anilines is 3. The van der Waals surface area contributed by atoms with Crippen LogP contribution >= 0.6 is 0 Å². The van der Waals surface area contributed by atoms with Crippen molar-refractivity contribution in [3.63, 3.8) is 0 Å². The van der Waals surface area contributed by atoms with E-state index in [1.807, 2.05) is 49.1 Å². The summed E-state index contributed by atoms with van der Waals surface area (Å²) >= 11 is 0. The summed E-state index contributed by atoms with van der Waals surface area (Å²) in [5, 5.41) is 0.885. The van der Waals surface area contributed by atoms with Crippen molar-refractivity contribution in [1.29, 1.82) is 0 Å². The molecular formula is C48H52F2N8O4. The smallest absolute Gasteiger partial charge is 0.255 e. The van der Waals surface area contributed by atoms with E-state index in [-0.39, 0.29) is 59.6 Å². The fourth-order valence-corrected chi connectivity index (χ4v) is 10.4. The number of pyridine rings is 1. The molecule has 62 heavy (non-hydrogen) atoms. The molecule has 0 unspecified atom stereocenters. The van der Waals surface area contributed by atoms with Crippen LogP contribution in [0.15, 0.2) is 60.8 Å². The van der Waals surface area contributed by atoms with Gasteiger partial charge in [0.15, 0.2) is 5.78 Å². The van der Waals surface area contributed by atoms with Gasteiger partial charge in [-0.2, -0.15) is 0 Å². The molecule has 5 heterocycles. The Morgan fingerprint density at radius 2 is 1.63 bits per heavy atom. The van der Waals surface area contributed by atoms with Crippen molar-refractivity contribution in [1.82, 2.24) is 19.7 Å². The Bertz CT molecular complexity index is 2470. The van der Waals surface area contributed by atoms with Gasteiger partial charge in [0, 0.05) is 124 Å². The molecule has 4 aliphatic heterocycles. The summed E-state index contributed by atoms with van der Waals surface area (Å²) in [6.07, 6.45) is 3.85. The van der Waals surface area contributed by atoms with Gasteiger partial charge in [0.05, 0.1) is 36.7 Å². The highest BCUT2D eigenvalue weighted by molar-refractivity contribution is 6.07. The van der Waals surface area contributed by atoms with Crippen LogP contribution in [-0.4, -0.2) is 120 Å². The number of halogens is 2. The molecule has 3 saturated heterocycles. The zero-order valence-electron chi connectivity index (χ0n) is 35.4. The molecule has 0 spiro atoms. The number of nitrogens with zero attached hydrogens (tertiary/aromatic N) is 8.